The molecule has 1 unspecified atom stereocenters. The lowest BCUT2D eigenvalue weighted by Crippen LogP contribution is -2.55. The smallest absolute Gasteiger partial charge is 0.0934 e. The molecule has 12 heavy (non-hydrogen) atoms. The van der Waals surface area contributed by atoms with E-state index >= 15 is 0 Å². The van der Waals surface area contributed by atoms with E-state index in [9.17, 15) is 0 Å². The Labute approximate surface area is 71.0 Å². The highest BCUT2D eigenvalue weighted by atomic mass is 16.6. The van der Waals surface area contributed by atoms with Crippen LogP contribution in [0.1, 0.15) is 0 Å². The van der Waals surface area contributed by atoms with E-state index in [1.807, 2.05) is 0 Å². The Bertz CT molecular complexity index is 125. The van der Waals surface area contributed by atoms with Gasteiger partial charge in [-0.15, -0.1) is 0 Å². The lowest BCUT2D eigenvalue weighted by molar-refractivity contribution is 0.0416. The van der Waals surface area contributed by atoms with E-state index < -0.39 is 5.54 Å². The molecule has 0 aromatic heterocycles. The molecule has 0 amide bonds. The van der Waals surface area contributed by atoms with Gasteiger partial charge in [-0.2, -0.15) is 0 Å². The predicted octanol–water partition coefficient (Wildman–Crippen LogP) is -2.31. The maximum absolute atomic E-state index is 8.89. The summed E-state index contributed by atoms with van der Waals surface area (Å²) in [7, 11) is 0. The molecule has 1 fully saturated rings. The van der Waals surface area contributed by atoms with Crippen LogP contribution < -0.4 is 5.32 Å². The van der Waals surface area contributed by atoms with Gasteiger partial charge in [-0.05, 0) is 0 Å². The van der Waals surface area contributed by atoms with Crippen molar-refractivity contribution in [3.8, 4) is 0 Å². The minimum atomic E-state index is -0.966. The van der Waals surface area contributed by atoms with Gasteiger partial charge in [0, 0.05) is 6.54 Å². The fourth-order valence-electron chi connectivity index (χ4n) is 0.834. The van der Waals surface area contributed by atoms with E-state index in [-0.39, 0.29) is 25.9 Å². The van der Waals surface area contributed by atoms with Crippen molar-refractivity contribution in [2.24, 2.45) is 0 Å². The van der Waals surface area contributed by atoms with Crippen LogP contribution >= 0.6 is 0 Å². The summed E-state index contributed by atoms with van der Waals surface area (Å²) in [4.78, 5) is 0. The molecule has 5 nitrogen and oxygen atoms in total. The molecular weight excluding hydrogens is 162 g/mol. The Morgan fingerprint density at radius 3 is 2.08 bits per heavy atom. The minimum Gasteiger partial charge on any atom is -0.394 e. The van der Waals surface area contributed by atoms with Crippen molar-refractivity contribution in [1.82, 2.24) is 5.32 Å². The van der Waals surface area contributed by atoms with Crippen molar-refractivity contribution < 1.29 is 20.1 Å². The van der Waals surface area contributed by atoms with Crippen molar-refractivity contribution in [2.45, 2.75) is 11.6 Å². The zero-order chi connectivity index (χ0) is 9.03. The second-order valence-electron chi connectivity index (χ2n) is 3.09. The Hall–Kier alpha value is -0.200. The van der Waals surface area contributed by atoms with Crippen LogP contribution in [0.3, 0.4) is 0 Å². The van der Waals surface area contributed by atoms with Crippen LogP contribution in [-0.2, 0) is 4.74 Å². The van der Waals surface area contributed by atoms with Crippen LogP contribution in [0.4, 0.5) is 0 Å². The number of nitrogens with one attached hydrogen (secondary N) is 1. The molecule has 1 atom stereocenters. The quantitative estimate of drug-likeness (QED) is 0.343. The van der Waals surface area contributed by atoms with Crippen LogP contribution in [-0.4, -0.2) is 59.9 Å². The third-order valence-corrected chi connectivity index (χ3v) is 2.02. The van der Waals surface area contributed by atoms with Gasteiger partial charge >= 0.3 is 0 Å². The normalized spacial score (nSPS) is 22.8. The summed E-state index contributed by atoms with van der Waals surface area (Å²) in [6, 6.07) is 0. The summed E-state index contributed by atoms with van der Waals surface area (Å²) in [6.45, 7) is 0.416. The van der Waals surface area contributed by atoms with Crippen molar-refractivity contribution in [2.75, 3.05) is 33.0 Å². The standard InChI is InChI=1S/C7H15NO4/c9-3-7(4-10,5-11)8-1-6-2-12-6/h6,8-11H,1-5H2. The molecule has 0 spiro atoms. The lowest BCUT2D eigenvalue weighted by atomic mass is 10.0. The second kappa shape index (κ2) is 4.15. The first kappa shape index (κ1) is 9.88. The van der Waals surface area contributed by atoms with Gasteiger partial charge in [0.25, 0.3) is 0 Å². The van der Waals surface area contributed by atoms with Crippen molar-refractivity contribution in [1.29, 1.82) is 0 Å². The summed E-state index contributed by atoms with van der Waals surface area (Å²) in [5.74, 6) is 0. The van der Waals surface area contributed by atoms with Gasteiger partial charge in [-0.1, -0.05) is 0 Å². The Morgan fingerprint density at radius 2 is 1.75 bits per heavy atom. The Morgan fingerprint density at radius 1 is 1.25 bits per heavy atom. The lowest BCUT2D eigenvalue weighted by Gasteiger charge is -2.28. The molecule has 0 aliphatic carbocycles. The van der Waals surface area contributed by atoms with Crippen LogP contribution in [0.2, 0.25) is 0 Å². The minimum absolute atomic E-state index is 0.175. The molecule has 1 heterocycles. The van der Waals surface area contributed by atoms with E-state index in [0.717, 1.165) is 0 Å². The van der Waals surface area contributed by atoms with Crippen LogP contribution in [0.5, 0.6) is 0 Å². The van der Waals surface area contributed by atoms with Crippen molar-refractivity contribution in [3.05, 3.63) is 0 Å². The fraction of sp³-hybridized carbons (Fsp3) is 1.00. The first-order valence-electron chi connectivity index (χ1n) is 3.95. The zero-order valence-corrected chi connectivity index (χ0v) is 6.86. The number of aliphatic hydroxyl groups is 3. The third-order valence-electron chi connectivity index (χ3n) is 2.02. The maximum atomic E-state index is 8.89. The molecular formula is C7H15NO4. The van der Waals surface area contributed by atoms with Gasteiger partial charge in [-0.25, -0.2) is 0 Å². The average Bonchev–Trinajstić information content (AvgIpc) is 2.92. The van der Waals surface area contributed by atoms with Gasteiger partial charge in [0.05, 0.1) is 38.1 Å². The highest BCUT2D eigenvalue weighted by Gasteiger charge is 2.31. The summed E-state index contributed by atoms with van der Waals surface area (Å²) in [5, 5.41) is 29.5. The van der Waals surface area contributed by atoms with Crippen LogP contribution in [0.25, 0.3) is 0 Å². The fourth-order valence-corrected chi connectivity index (χ4v) is 0.834. The Kier molecular flexibility index (Phi) is 3.42. The molecule has 1 saturated heterocycles. The van der Waals surface area contributed by atoms with E-state index in [1.165, 1.54) is 0 Å². The van der Waals surface area contributed by atoms with Crippen LogP contribution in [0.15, 0.2) is 0 Å². The van der Waals surface area contributed by atoms with Gasteiger partial charge < -0.3 is 25.4 Å². The molecule has 0 aromatic carbocycles. The zero-order valence-electron chi connectivity index (χ0n) is 6.86. The van der Waals surface area contributed by atoms with Gasteiger partial charge in [-0.3, -0.25) is 0 Å². The van der Waals surface area contributed by atoms with E-state index in [1.54, 1.807) is 0 Å². The van der Waals surface area contributed by atoms with E-state index in [2.05, 4.69) is 5.32 Å². The summed E-state index contributed by atoms with van der Waals surface area (Å²) in [6.07, 6.45) is 0.175. The molecule has 0 aromatic rings. The number of hydrogen-bond acceptors (Lipinski definition) is 5. The van der Waals surface area contributed by atoms with Crippen LogP contribution in [0, 0.1) is 0 Å². The maximum Gasteiger partial charge on any atom is 0.0934 e. The highest BCUT2D eigenvalue weighted by molar-refractivity contribution is 4.88. The number of epoxide rings is 1. The number of ether oxygens (including phenoxy) is 1. The number of aliphatic hydroxyl groups excluding tert-OH is 3. The molecule has 1 aliphatic rings. The monoisotopic (exact) mass is 177 g/mol. The Balaban J connectivity index is 2.28. The first-order chi connectivity index (χ1) is 5.76. The molecule has 0 bridgehead atoms. The summed E-state index contributed by atoms with van der Waals surface area (Å²) < 4.78 is 4.93. The molecule has 5 heteroatoms. The van der Waals surface area contributed by atoms with Crippen molar-refractivity contribution >= 4 is 0 Å². The predicted molar refractivity (Wildman–Crippen MR) is 41.7 cm³/mol. The molecule has 0 saturated carbocycles. The molecule has 1 aliphatic heterocycles. The topological polar surface area (TPSA) is 85.2 Å². The second-order valence-corrected chi connectivity index (χ2v) is 3.09. The first-order valence-corrected chi connectivity index (χ1v) is 3.95. The van der Waals surface area contributed by atoms with Crippen molar-refractivity contribution in [3.63, 3.8) is 0 Å². The van der Waals surface area contributed by atoms with Gasteiger partial charge in [0.1, 0.15) is 0 Å². The molecule has 72 valence electrons. The summed E-state index contributed by atoms with van der Waals surface area (Å²) >= 11 is 0. The average molecular weight is 177 g/mol. The largest absolute Gasteiger partial charge is 0.394 e. The van der Waals surface area contributed by atoms with Gasteiger partial charge in [0.15, 0.2) is 0 Å². The van der Waals surface area contributed by atoms with E-state index in [4.69, 9.17) is 20.1 Å². The van der Waals surface area contributed by atoms with E-state index in [0.29, 0.717) is 13.2 Å². The summed E-state index contributed by atoms with van der Waals surface area (Å²) in [5.41, 5.74) is -0.966. The highest BCUT2D eigenvalue weighted by Crippen LogP contribution is 2.09. The SMILES string of the molecule is OCC(CO)(CO)NCC1CO1. The molecule has 0 radical (unpaired) electrons. The molecule has 1 rings (SSSR count). The number of hydrogen-bond donors (Lipinski definition) is 4. The molecule has 4 N–H and O–H groups in total. The number of rotatable bonds is 6. The van der Waals surface area contributed by atoms with Gasteiger partial charge in [0.2, 0.25) is 0 Å². The third kappa shape index (κ3) is 2.40.